The number of thiol groups is 1. The summed E-state index contributed by atoms with van der Waals surface area (Å²) < 4.78 is 0. The fraction of sp³-hybridized carbons (Fsp3) is 1.00. The summed E-state index contributed by atoms with van der Waals surface area (Å²) in [6, 6.07) is 0. The van der Waals surface area contributed by atoms with Crippen molar-refractivity contribution in [1.29, 1.82) is 0 Å². The summed E-state index contributed by atoms with van der Waals surface area (Å²) in [4.78, 5) is -0.935. The average Bonchev–Trinajstić information content (AvgIpc) is 1.89. The first-order valence-corrected chi connectivity index (χ1v) is 4.22. The highest BCUT2D eigenvalue weighted by atomic mass is 32.1. The van der Waals surface area contributed by atoms with Crippen molar-refractivity contribution < 1.29 is 5.11 Å². The fourth-order valence-electron chi connectivity index (χ4n) is 0.760. The number of unbranched alkanes of at least 4 members (excludes halogenated alkanes) is 2. The van der Waals surface area contributed by atoms with E-state index < -0.39 is 4.93 Å². The molecule has 0 bridgehead atoms. The van der Waals surface area contributed by atoms with Crippen molar-refractivity contribution in [1.82, 2.24) is 0 Å². The van der Waals surface area contributed by atoms with E-state index in [9.17, 15) is 5.11 Å². The first kappa shape index (κ1) is 10.4. The van der Waals surface area contributed by atoms with Gasteiger partial charge in [0.2, 0.25) is 0 Å². The molecule has 0 aliphatic carbocycles. The Morgan fingerprint density at radius 3 is 2.50 bits per heavy atom. The minimum Gasteiger partial charge on any atom is -0.381 e. The van der Waals surface area contributed by atoms with Crippen molar-refractivity contribution >= 4 is 20.5 Å². The molecule has 0 rings (SSSR count). The molecule has 0 saturated heterocycles. The second kappa shape index (κ2) is 5.08. The van der Waals surface area contributed by atoms with Crippen LogP contribution in [-0.2, 0) is 0 Å². The van der Waals surface area contributed by atoms with E-state index in [1.165, 1.54) is 0 Å². The van der Waals surface area contributed by atoms with Crippen LogP contribution in [0.25, 0.3) is 0 Å². The van der Waals surface area contributed by atoms with Crippen LogP contribution in [0.1, 0.15) is 32.6 Å². The minimum atomic E-state index is -0.935. The smallest absolute Gasteiger partial charge is 0.0995 e. The standard InChI is InChI=1S/C7H15BOS/c1-2-3-4-5-7(9,10)6-8/h9-10H,2-6H2,1H3. The highest BCUT2D eigenvalue weighted by molar-refractivity contribution is 7.81. The number of aliphatic hydroxyl groups is 1. The van der Waals surface area contributed by atoms with Gasteiger partial charge >= 0.3 is 0 Å². The Balaban J connectivity index is 3.28. The molecule has 0 aromatic carbocycles. The maximum Gasteiger partial charge on any atom is 0.0995 e. The molecule has 10 heavy (non-hydrogen) atoms. The normalized spacial score (nSPS) is 16.7. The van der Waals surface area contributed by atoms with Crippen LogP contribution >= 0.6 is 12.6 Å². The Bertz CT molecular complexity index is 85.7. The molecule has 58 valence electrons. The summed E-state index contributed by atoms with van der Waals surface area (Å²) in [7, 11) is 5.26. The summed E-state index contributed by atoms with van der Waals surface area (Å²) >= 11 is 3.99. The summed E-state index contributed by atoms with van der Waals surface area (Å²) in [5.41, 5.74) is 0. The Morgan fingerprint density at radius 1 is 1.50 bits per heavy atom. The van der Waals surface area contributed by atoms with Gasteiger partial charge in [0, 0.05) is 0 Å². The summed E-state index contributed by atoms with van der Waals surface area (Å²) in [6.45, 7) is 2.13. The van der Waals surface area contributed by atoms with Crippen LogP contribution < -0.4 is 0 Å². The third kappa shape index (κ3) is 5.18. The molecule has 0 aromatic heterocycles. The van der Waals surface area contributed by atoms with Crippen molar-refractivity contribution in [2.75, 3.05) is 0 Å². The summed E-state index contributed by atoms with van der Waals surface area (Å²) in [5.74, 6) is 0. The monoisotopic (exact) mass is 158 g/mol. The molecular weight excluding hydrogens is 143 g/mol. The lowest BCUT2D eigenvalue weighted by Crippen LogP contribution is -2.19. The lowest BCUT2D eigenvalue weighted by atomic mass is 9.95. The quantitative estimate of drug-likeness (QED) is 0.270. The third-order valence-electron chi connectivity index (χ3n) is 1.51. The van der Waals surface area contributed by atoms with Crippen LogP contribution in [0.4, 0.5) is 0 Å². The number of hydrogen-bond donors (Lipinski definition) is 2. The van der Waals surface area contributed by atoms with Crippen LogP contribution in [0.3, 0.4) is 0 Å². The molecular formula is C7H15BOS. The molecule has 0 aliphatic rings. The third-order valence-corrected chi connectivity index (χ3v) is 1.91. The molecule has 1 atom stereocenters. The zero-order chi connectivity index (χ0) is 8.04. The van der Waals surface area contributed by atoms with Gasteiger partial charge in [-0.2, -0.15) is 0 Å². The Labute approximate surface area is 70.0 Å². The van der Waals surface area contributed by atoms with Crippen LogP contribution in [-0.4, -0.2) is 17.9 Å². The molecule has 1 unspecified atom stereocenters. The van der Waals surface area contributed by atoms with Gasteiger partial charge in [-0.15, -0.1) is 12.6 Å². The molecule has 1 N–H and O–H groups in total. The van der Waals surface area contributed by atoms with Gasteiger partial charge in [-0.3, -0.25) is 0 Å². The number of hydrogen-bond acceptors (Lipinski definition) is 2. The Hall–Kier alpha value is 0.375. The first-order valence-electron chi connectivity index (χ1n) is 3.77. The molecule has 2 radical (unpaired) electrons. The number of rotatable bonds is 5. The maximum absolute atomic E-state index is 9.29. The van der Waals surface area contributed by atoms with E-state index in [1.54, 1.807) is 0 Å². The molecule has 0 saturated carbocycles. The fourth-order valence-corrected chi connectivity index (χ4v) is 0.918. The highest BCUT2D eigenvalue weighted by Crippen LogP contribution is 2.21. The van der Waals surface area contributed by atoms with E-state index in [2.05, 4.69) is 19.6 Å². The van der Waals surface area contributed by atoms with Crippen LogP contribution in [0.2, 0.25) is 6.32 Å². The minimum absolute atomic E-state index is 0.236. The SMILES string of the molecule is [B]CC(O)(S)CCCCC. The first-order chi connectivity index (χ1) is 4.62. The topological polar surface area (TPSA) is 20.2 Å². The molecule has 0 amide bonds. The molecule has 3 heteroatoms. The van der Waals surface area contributed by atoms with Crippen molar-refractivity contribution in [2.45, 2.75) is 43.9 Å². The van der Waals surface area contributed by atoms with Crippen LogP contribution in [0.5, 0.6) is 0 Å². The van der Waals surface area contributed by atoms with Gasteiger partial charge in [-0.25, -0.2) is 0 Å². The lowest BCUT2D eigenvalue weighted by molar-refractivity contribution is 0.147. The van der Waals surface area contributed by atoms with E-state index >= 15 is 0 Å². The Kier molecular flexibility index (Phi) is 5.27. The van der Waals surface area contributed by atoms with E-state index in [0.29, 0.717) is 6.42 Å². The predicted molar refractivity (Wildman–Crippen MR) is 48.6 cm³/mol. The molecule has 0 fully saturated rings. The van der Waals surface area contributed by atoms with Gasteiger partial charge < -0.3 is 5.11 Å². The second-order valence-corrected chi connectivity index (χ2v) is 3.48. The van der Waals surface area contributed by atoms with Crippen molar-refractivity contribution in [3.8, 4) is 0 Å². The predicted octanol–water partition coefficient (Wildman–Crippen LogP) is 1.77. The molecule has 0 heterocycles. The zero-order valence-corrected chi connectivity index (χ0v) is 7.40. The summed E-state index contributed by atoms with van der Waals surface area (Å²) in [6.07, 6.45) is 4.24. The average molecular weight is 158 g/mol. The second-order valence-electron chi connectivity index (χ2n) is 2.64. The van der Waals surface area contributed by atoms with Gasteiger partial charge in [-0.1, -0.05) is 26.1 Å². The maximum atomic E-state index is 9.29. The molecule has 0 spiro atoms. The van der Waals surface area contributed by atoms with Crippen molar-refractivity contribution in [2.24, 2.45) is 0 Å². The van der Waals surface area contributed by atoms with E-state index in [-0.39, 0.29) is 6.32 Å². The molecule has 0 aliphatic heterocycles. The lowest BCUT2D eigenvalue weighted by Gasteiger charge is -2.19. The van der Waals surface area contributed by atoms with Gasteiger partial charge in [0.1, 0.15) is 0 Å². The van der Waals surface area contributed by atoms with Crippen LogP contribution in [0.15, 0.2) is 0 Å². The summed E-state index contributed by atoms with van der Waals surface area (Å²) in [5, 5.41) is 9.29. The van der Waals surface area contributed by atoms with Gasteiger partial charge in [0.05, 0.1) is 12.8 Å². The van der Waals surface area contributed by atoms with Gasteiger partial charge in [0.25, 0.3) is 0 Å². The largest absolute Gasteiger partial charge is 0.381 e. The van der Waals surface area contributed by atoms with E-state index in [0.717, 1.165) is 19.3 Å². The highest BCUT2D eigenvalue weighted by Gasteiger charge is 2.16. The van der Waals surface area contributed by atoms with E-state index in [1.807, 2.05) is 0 Å². The van der Waals surface area contributed by atoms with Gasteiger partial charge in [-0.05, 0) is 12.8 Å². The van der Waals surface area contributed by atoms with Crippen molar-refractivity contribution in [3.63, 3.8) is 0 Å². The Morgan fingerprint density at radius 2 is 2.10 bits per heavy atom. The molecule has 0 aromatic rings. The van der Waals surface area contributed by atoms with Gasteiger partial charge in [0.15, 0.2) is 0 Å². The van der Waals surface area contributed by atoms with Crippen LogP contribution in [0, 0.1) is 0 Å². The van der Waals surface area contributed by atoms with E-state index in [4.69, 9.17) is 7.85 Å². The van der Waals surface area contributed by atoms with Crippen molar-refractivity contribution in [3.05, 3.63) is 0 Å². The zero-order valence-electron chi connectivity index (χ0n) is 6.51. The molecule has 1 nitrogen and oxygen atoms in total.